The van der Waals surface area contributed by atoms with Crippen LogP contribution in [-0.4, -0.2) is 57.7 Å². The Morgan fingerprint density at radius 1 is 0.406 bits per heavy atom. The zero-order chi connectivity index (χ0) is 23.1. The Bertz CT molecular complexity index is 1000. The minimum atomic E-state index is -0.248. The molecule has 0 radical (unpaired) electrons. The van der Waals surface area contributed by atoms with Gasteiger partial charge in [-0.15, -0.1) is 47.0 Å². The second-order valence-electron chi connectivity index (χ2n) is 6.36. The first-order valence-corrected chi connectivity index (χ1v) is 13.3. The van der Waals surface area contributed by atoms with Gasteiger partial charge in [-0.2, -0.15) is 0 Å². The number of allylic oxidation sites excluding steroid dienone is 12. The van der Waals surface area contributed by atoms with Crippen molar-refractivity contribution in [2.24, 2.45) is 0 Å². The molecular formula is C22H16O6S4. The Kier molecular flexibility index (Phi) is 8.92. The molecule has 0 aliphatic heterocycles. The van der Waals surface area contributed by atoms with E-state index < -0.39 is 0 Å². The van der Waals surface area contributed by atoms with Gasteiger partial charge in [0.1, 0.15) is 0 Å². The predicted molar refractivity (Wildman–Crippen MR) is 130 cm³/mol. The summed E-state index contributed by atoms with van der Waals surface area (Å²) in [4.78, 5) is 72.2. The lowest BCUT2D eigenvalue weighted by atomic mass is 10.2. The van der Waals surface area contributed by atoms with Crippen LogP contribution >= 0.6 is 47.0 Å². The van der Waals surface area contributed by atoms with Crippen LogP contribution < -0.4 is 0 Å². The van der Waals surface area contributed by atoms with Gasteiger partial charge in [0.25, 0.3) is 0 Å². The van der Waals surface area contributed by atoms with E-state index in [1.165, 1.54) is 95.7 Å². The molecule has 3 aliphatic rings. The molecule has 0 fully saturated rings. The Balaban J connectivity index is 1.40. The zero-order valence-corrected chi connectivity index (χ0v) is 19.8. The van der Waals surface area contributed by atoms with E-state index in [1.54, 1.807) is 0 Å². The van der Waals surface area contributed by atoms with Crippen LogP contribution in [0.1, 0.15) is 0 Å². The van der Waals surface area contributed by atoms with Crippen molar-refractivity contribution in [3.63, 3.8) is 0 Å². The molecule has 0 spiro atoms. The third kappa shape index (κ3) is 6.93. The second kappa shape index (κ2) is 11.6. The highest BCUT2D eigenvalue weighted by molar-refractivity contribution is 8.08. The fourth-order valence-corrected chi connectivity index (χ4v) is 6.37. The van der Waals surface area contributed by atoms with E-state index in [2.05, 4.69) is 0 Å². The number of thioether (sulfide) groups is 4. The summed E-state index contributed by atoms with van der Waals surface area (Å²) in [6, 6.07) is 0. The Morgan fingerprint density at radius 3 is 1.06 bits per heavy atom. The Morgan fingerprint density at radius 2 is 0.719 bits per heavy atom. The number of ketones is 6. The lowest BCUT2D eigenvalue weighted by molar-refractivity contribution is -0.114. The molecular weight excluding hydrogens is 489 g/mol. The summed E-state index contributed by atoms with van der Waals surface area (Å²) in [5.74, 6) is 0.656. The van der Waals surface area contributed by atoms with Crippen molar-refractivity contribution in [1.29, 1.82) is 0 Å². The minimum absolute atomic E-state index is 0.210. The van der Waals surface area contributed by atoms with Gasteiger partial charge in [-0.3, -0.25) is 28.8 Å². The molecule has 0 heterocycles. The topological polar surface area (TPSA) is 102 Å². The number of hydrogen-bond donors (Lipinski definition) is 0. The van der Waals surface area contributed by atoms with Gasteiger partial charge in [-0.1, -0.05) is 0 Å². The molecule has 0 atom stereocenters. The van der Waals surface area contributed by atoms with Crippen molar-refractivity contribution in [2.75, 3.05) is 23.0 Å². The first-order valence-electron chi connectivity index (χ1n) is 9.33. The van der Waals surface area contributed by atoms with Crippen LogP contribution in [0.2, 0.25) is 0 Å². The first-order chi connectivity index (χ1) is 15.3. The summed E-state index contributed by atoms with van der Waals surface area (Å²) < 4.78 is 0. The molecule has 0 unspecified atom stereocenters. The maximum absolute atomic E-state index is 12.3. The predicted octanol–water partition coefficient (Wildman–Crippen LogP) is 3.02. The van der Waals surface area contributed by atoms with Gasteiger partial charge in [0.15, 0.2) is 34.7 Å². The summed E-state index contributed by atoms with van der Waals surface area (Å²) in [5, 5.41) is 0. The molecule has 0 saturated carbocycles. The second-order valence-corrected chi connectivity index (χ2v) is 10.9. The highest BCUT2D eigenvalue weighted by atomic mass is 32.2. The lowest BCUT2D eigenvalue weighted by Gasteiger charge is -2.12. The van der Waals surface area contributed by atoms with Gasteiger partial charge >= 0.3 is 0 Å². The van der Waals surface area contributed by atoms with Gasteiger partial charge < -0.3 is 0 Å². The minimum Gasteiger partial charge on any atom is -0.290 e. The molecule has 0 amide bonds. The summed E-state index contributed by atoms with van der Waals surface area (Å²) in [6.07, 6.45) is 10.2. The van der Waals surface area contributed by atoms with Crippen LogP contribution in [0.5, 0.6) is 0 Å². The summed E-state index contributed by atoms with van der Waals surface area (Å²) >= 11 is 4.96. The molecule has 0 bridgehead atoms. The molecule has 10 heteroatoms. The van der Waals surface area contributed by atoms with E-state index in [-0.39, 0.29) is 34.7 Å². The van der Waals surface area contributed by atoms with Crippen molar-refractivity contribution in [1.82, 2.24) is 0 Å². The molecule has 6 nitrogen and oxygen atoms in total. The quantitative estimate of drug-likeness (QED) is 0.326. The monoisotopic (exact) mass is 504 g/mol. The largest absolute Gasteiger partial charge is 0.290 e. The van der Waals surface area contributed by atoms with Crippen LogP contribution in [0.3, 0.4) is 0 Å². The fourth-order valence-electron chi connectivity index (χ4n) is 2.56. The van der Waals surface area contributed by atoms with Crippen LogP contribution in [0.15, 0.2) is 68.2 Å². The van der Waals surface area contributed by atoms with Gasteiger partial charge in [-0.05, 0) is 24.3 Å². The van der Waals surface area contributed by atoms with Crippen LogP contribution in [0.25, 0.3) is 0 Å². The summed E-state index contributed by atoms with van der Waals surface area (Å²) in [7, 11) is 0. The number of rotatable bonds is 10. The normalized spacial score (nSPS) is 18.6. The molecule has 0 saturated heterocycles. The van der Waals surface area contributed by atoms with E-state index in [0.717, 1.165) is 0 Å². The van der Waals surface area contributed by atoms with E-state index in [1.807, 2.05) is 0 Å². The van der Waals surface area contributed by atoms with E-state index in [9.17, 15) is 28.8 Å². The number of hydrogen-bond acceptors (Lipinski definition) is 10. The van der Waals surface area contributed by atoms with Gasteiger partial charge in [0.05, 0.1) is 19.6 Å². The zero-order valence-electron chi connectivity index (χ0n) is 16.5. The summed E-state index contributed by atoms with van der Waals surface area (Å²) in [5.41, 5.74) is 0. The van der Waals surface area contributed by atoms with Crippen LogP contribution in [-0.2, 0) is 28.8 Å². The molecule has 32 heavy (non-hydrogen) atoms. The van der Waals surface area contributed by atoms with E-state index in [4.69, 9.17) is 0 Å². The number of carbonyl (C=O) groups is 6. The van der Waals surface area contributed by atoms with Crippen molar-refractivity contribution in [2.45, 2.75) is 0 Å². The number of carbonyl (C=O) groups excluding carboxylic acids is 6. The molecule has 0 N–H and O–H groups in total. The molecule has 3 rings (SSSR count). The summed E-state index contributed by atoms with van der Waals surface area (Å²) in [6.45, 7) is 0. The van der Waals surface area contributed by atoms with Gasteiger partial charge in [-0.25, -0.2) is 0 Å². The van der Waals surface area contributed by atoms with Crippen LogP contribution in [0.4, 0.5) is 0 Å². The molecule has 0 aromatic rings. The maximum atomic E-state index is 12.3. The third-order valence-corrected chi connectivity index (χ3v) is 8.71. The fraction of sp³-hybridized carbons (Fsp3) is 0.182. The average Bonchev–Trinajstić information content (AvgIpc) is 2.76. The van der Waals surface area contributed by atoms with Crippen molar-refractivity contribution >= 4 is 81.7 Å². The highest BCUT2D eigenvalue weighted by Gasteiger charge is 2.21. The molecule has 0 aromatic heterocycles. The van der Waals surface area contributed by atoms with Gasteiger partial charge in [0, 0.05) is 47.3 Å². The van der Waals surface area contributed by atoms with E-state index >= 15 is 0 Å². The molecule has 3 aliphatic carbocycles. The Hall–Kier alpha value is -2.14. The standard InChI is InChI=1S/C22H16O6S4/c23-13-1-3-15(25)19(9-13)29-5-7-31-21-11-18(28)22(12-17(21)27)32-8-6-30-20-10-14(24)2-4-16(20)26/h1-4,9-12H,5-8H2. The lowest BCUT2D eigenvalue weighted by Crippen LogP contribution is -2.11. The first kappa shape index (κ1) is 24.5. The van der Waals surface area contributed by atoms with Gasteiger partial charge in [0.2, 0.25) is 0 Å². The van der Waals surface area contributed by atoms with Crippen molar-refractivity contribution in [3.05, 3.63) is 68.2 Å². The third-order valence-electron chi connectivity index (χ3n) is 4.04. The van der Waals surface area contributed by atoms with Crippen molar-refractivity contribution in [3.8, 4) is 0 Å². The van der Waals surface area contributed by atoms with Crippen molar-refractivity contribution < 1.29 is 28.8 Å². The Labute approximate surface area is 201 Å². The van der Waals surface area contributed by atoms with Crippen LogP contribution in [0, 0.1) is 0 Å². The SMILES string of the molecule is O=C1C=CC(=O)C(SCCSC2=CC(=O)C(SCCSC3=CC(=O)C=CC3=O)=CC2=O)=C1. The smallest absolute Gasteiger partial charge is 0.193 e. The van der Waals surface area contributed by atoms with E-state index in [0.29, 0.717) is 42.6 Å². The average molecular weight is 505 g/mol. The highest BCUT2D eigenvalue weighted by Crippen LogP contribution is 2.30. The maximum Gasteiger partial charge on any atom is 0.193 e. The molecule has 164 valence electrons. The molecule has 0 aromatic carbocycles.